The molecule has 2 heterocycles. The van der Waals surface area contributed by atoms with Gasteiger partial charge in [-0.3, -0.25) is 4.79 Å². The van der Waals surface area contributed by atoms with Crippen molar-refractivity contribution in [2.75, 3.05) is 20.8 Å². The van der Waals surface area contributed by atoms with E-state index in [1.807, 2.05) is 41.3 Å². The number of fused-ring (bicyclic) bond motifs is 2. The topological polar surface area (TPSA) is 43.7 Å². The monoisotopic (exact) mass is 440 g/mol. The van der Waals surface area contributed by atoms with Crippen molar-refractivity contribution in [3.05, 3.63) is 95.2 Å². The lowest BCUT2D eigenvalue weighted by molar-refractivity contribution is -0.131. The maximum atomic E-state index is 13.2. The minimum Gasteiger partial charge on any atom is -0.497 e. The predicted octanol–water partition coefficient (Wildman–Crippen LogP) is 4.83. The number of hydrogen-bond donors (Lipinski definition) is 0. The molecule has 5 nitrogen and oxygen atoms in total. The number of aromatic nitrogens is 1. The molecule has 1 aromatic heterocycles. The molecule has 0 saturated heterocycles. The Hall–Kier alpha value is -3.73. The smallest absolute Gasteiger partial charge is 0.227 e. The summed E-state index contributed by atoms with van der Waals surface area (Å²) < 4.78 is 13.1. The van der Waals surface area contributed by atoms with E-state index in [1.165, 1.54) is 11.1 Å². The number of amides is 1. The van der Waals surface area contributed by atoms with Crippen LogP contribution in [0.15, 0.2) is 72.9 Å². The summed E-state index contributed by atoms with van der Waals surface area (Å²) in [7, 11) is 3.32. The number of benzene rings is 3. The third-order valence-electron chi connectivity index (χ3n) is 6.46. The molecule has 0 unspecified atom stereocenters. The summed E-state index contributed by atoms with van der Waals surface area (Å²) in [6.45, 7) is 2.13. The van der Waals surface area contributed by atoms with Gasteiger partial charge in [-0.15, -0.1) is 0 Å². The number of carbonyl (C=O) groups excluding carboxylic acids is 1. The fraction of sp³-hybridized carbons (Fsp3) is 0.250. The van der Waals surface area contributed by atoms with Crippen molar-refractivity contribution < 1.29 is 14.3 Å². The van der Waals surface area contributed by atoms with Crippen molar-refractivity contribution in [3.63, 3.8) is 0 Å². The van der Waals surface area contributed by atoms with Gasteiger partial charge < -0.3 is 18.9 Å². The van der Waals surface area contributed by atoms with E-state index in [-0.39, 0.29) is 5.91 Å². The molecule has 3 aromatic carbocycles. The quantitative estimate of drug-likeness (QED) is 0.431. The van der Waals surface area contributed by atoms with Gasteiger partial charge in [-0.25, -0.2) is 0 Å². The maximum Gasteiger partial charge on any atom is 0.227 e. The highest BCUT2D eigenvalue weighted by Crippen LogP contribution is 2.27. The van der Waals surface area contributed by atoms with Gasteiger partial charge in [0.1, 0.15) is 11.5 Å². The van der Waals surface area contributed by atoms with Gasteiger partial charge >= 0.3 is 0 Å². The maximum absolute atomic E-state index is 13.2. The van der Waals surface area contributed by atoms with Gasteiger partial charge in [-0.2, -0.15) is 0 Å². The molecule has 0 radical (unpaired) electrons. The zero-order chi connectivity index (χ0) is 22.8. The Balaban J connectivity index is 1.41. The number of hydrogen-bond acceptors (Lipinski definition) is 3. The number of ether oxygens (including phenoxy) is 2. The summed E-state index contributed by atoms with van der Waals surface area (Å²) in [5.41, 5.74) is 5.87. The van der Waals surface area contributed by atoms with Crippen LogP contribution in [-0.2, 0) is 30.7 Å². The van der Waals surface area contributed by atoms with E-state index in [1.54, 1.807) is 14.2 Å². The normalized spacial score (nSPS) is 13.1. The van der Waals surface area contributed by atoms with Crippen LogP contribution in [-0.4, -0.2) is 36.1 Å². The number of para-hydroxylation sites is 1. The summed E-state index contributed by atoms with van der Waals surface area (Å²) in [6.07, 6.45) is 3.44. The number of carbonyl (C=O) groups is 1. The molecule has 1 aliphatic rings. The molecule has 1 aliphatic heterocycles. The summed E-state index contributed by atoms with van der Waals surface area (Å²) in [6, 6.07) is 22.6. The molecule has 0 saturated carbocycles. The van der Waals surface area contributed by atoms with Gasteiger partial charge in [0, 0.05) is 42.8 Å². The summed E-state index contributed by atoms with van der Waals surface area (Å²) in [5.74, 6) is 1.71. The van der Waals surface area contributed by atoms with Crippen LogP contribution >= 0.6 is 0 Å². The highest BCUT2D eigenvalue weighted by atomic mass is 16.5. The second-order valence-electron chi connectivity index (χ2n) is 8.53. The molecule has 0 aliphatic carbocycles. The zero-order valence-corrected chi connectivity index (χ0v) is 19.1. The Morgan fingerprint density at radius 3 is 2.36 bits per heavy atom. The van der Waals surface area contributed by atoms with E-state index in [0.29, 0.717) is 19.5 Å². The van der Waals surface area contributed by atoms with Crippen LogP contribution in [0.4, 0.5) is 0 Å². The van der Waals surface area contributed by atoms with Crippen LogP contribution in [0.3, 0.4) is 0 Å². The number of rotatable bonds is 6. The van der Waals surface area contributed by atoms with E-state index in [2.05, 4.69) is 41.1 Å². The van der Waals surface area contributed by atoms with Crippen LogP contribution in [0.1, 0.15) is 22.3 Å². The van der Waals surface area contributed by atoms with Gasteiger partial charge in [0.25, 0.3) is 0 Å². The first-order valence-electron chi connectivity index (χ1n) is 11.3. The van der Waals surface area contributed by atoms with Crippen LogP contribution in [0.2, 0.25) is 0 Å². The van der Waals surface area contributed by atoms with Crippen molar-refractivity contribution in [1.82, 2.24) is 9.47 Å². The molecule has 33 heavy (non-hydrogen) atoms. The molecule has 0 N–H and O–H groups in total. The van der Waals surface area contributed by atoms with E-state index < -0.39 is 0 Å². The molecular formula is C28H28N2O3. The second kappa shape index (κ2) is 9.02. The van der Waals surface area contributed by atoms with Crippen LogP contribution < -0.4 is 9.47 Å². The van der Waals surface area contributed by atoms with Crippen molar-refractivity contribution in [2.45, 2.75) is 25.9 Å². The van der Waals surface area contributed by atoms with E-state index in [0.717, 1.165) is 46.5 Å². The molecule has 4 aromatic rings. The Morgan fingerprint density at radius 1 is 0.909 bits per heavy atom. The van der Waals surface area contributed by atoms with Crippen LogP contribution in [0.5, 0.6) is 11.5 Å². The number of methoxy groups -OCH3 is 2. The average molecular weight is 441 g/mol. The molecule has 0 bridgehead atoms. The van der Waals surface area contributed by atoms with Gasteiger partial charge in [-0.05, 0) is 46.9 Å². The highest BCUT2D eigenvalue weighted by molar-refractivity contribution is 5.89. The molecule has 0 atom stereocenters. The van der Waals surface area contributed by atoms with Gasteiger partial charge in [0.2, 0.25) is 5.91 Å². The summed E-state index contributed by atoms with van der Waals surface area (Å²) >= 11 is 0. The highest BCUT2D eigenvalue weighted by Gasteiger charge is 2.22. The molecule has 5 rings (SSSR count). The average Bonchev–Trinajstić information content (AvgIpc) is 3.20. The van der Waals surface area contributed by atoms with Crippen molar-refractivity contribution in [3.8, 4) is 11.5 Å². The summed E-state index contributed by atoms with van der Waals surface area (Å²) in [4.78, 5) is 15.2. The largest absolute Gasteiger partial charge is 0.497 e. The van der Waals surface area contributed by atoms with Gasteiger partial charge in [0.05, 0.1) is 20.6 Å². The SMILES string of the molecule is COc1cc(Cn2cc(CC(=O)N3CCc4ccccc4C3)c3ccccc32)cc(OC)c1. The summed E-state index contributed by atoms with van der Waals surface area (Å²) in [5, 5.41) is 1.12. The Bertz CT molecular complexity index is 1290. The minimum atomic E-state index is 0.176. The van der Waals surface area contributed by atoms with E-state index >= 15 is 0 Å². The molecule has 5 heteroatoms. The predicted molar refractivity (Wildman–Crippen MR) is 130 cm³/mol. The fourth-order valence-corrected chi connectivity index (χ4v) is 4.73. The first kappa shape index (κ1) is 21.1. The lowest BCUT2D eigenvalue weighted by Gasteiger charge is -2.29. The Morgan fingerprint density at radius 2 is 1.61 bits per heavy atom. The third kappa shape index (κ3) is 4.31. The molecule has 168 valence electrons. The van der Waals surface area contributed by atoms with E-state index in [4.69, 9.17) is 9.47 Å². The van der Waals surface area contributed by atoms with Crippen LogP contribution in [0.25, 0.3) is 10.9 Å². The molecule has 0 spiro atoms. The lowest BCUT2D eigenvalue weighted by atomic mass is 9.99. The van der Waals surface area contributed by atoms with Crippen molar-refractivity contribution >= 4 is 16.8 Å². The fourth-order valence-electron chi connectivity index (χ4n) is 4.73. The molecule has 1 amide bonds. The van der Waals surface area contributed by atoms with Crippen molar-refractivity contribution in [1.29, 1.82) is 0 Å². The van der Waals surface area contributed by atoms with E-state index in [9.17, 15) is 4.79 Å². The van der Waals surface area contributed by atoms with Gasteiger partial charge in [-0.1, -0.05) is 42.5 Å². The molecule has 0 fully saturated rings. The Kier molecular flexibility index (Phi) is 5.78. The second-order valence-corrected chi connectivity index (χ2v) is 8.53. The standard InChI is InChI=1S/C28H28N2O3/c1-32-24-13-20(14-25(16-24)33-2)17-30-19-23(26-9-5-6-10-27(26)30)15-28(31)29-12-11-21-7-3-4-8-22(21)18-29/h3-10,13-14,16,19H,11-12,15,17-18H2,1-2H3. The van der Waals surface area contributed by atoms with Crippen molar-refractivity contribution in [2.24, 2.45) is 0 Å². The molecular weight excluding hydrogens is 412 g/mol. The zero-order valence-electron chi connectivity index (χ0n) is 19.1. The first-order chi connectivity index (χ1) is 16.1. The Labute approximate surface area is 194 Å². The van der Waals surface area contributed by atoms with Gasteiger partial charge in [0.15, 0.2) is 0 Å². The third-order valence-corrected chi connectivity index (χ3v) is 6.46. The lowest BCUT2D eigenvalue weighted by Crippen LogP contribution is -2.36. The first-order valence-corrected chi connectivity index (χ1v) is 11.3. The minimum absolute atomic E-state index is 0.176. The number of nitrogens with zero attached hydrogens (tertiary/aromatic N) is 2. The van der Waals surface area contributed by atoms with Crippen LogP contribution in [0, 0.1) is 0 Å².